The summed E-state index contributed by atoms with van der Waals surface area (Å²) in [7, 11) is -0.704. The second-order valence-electron chi connectivity index (χ2n) is 4.87. The van der Waals surface area contributed by atoms with Gasteiger partial charge in [-0.2, -0.15) is 13.5 Å². The van der Waals surface area contributed by atoms with Gasteiger partial charge in [0.1, 0.15) is 17.2 Å². The van der Waals surface area contributed by atoms with E-state index >= 15 is 0 Å². The molecule has 0 heterocycles. The summed E-state index contributed by atoms with van der Waals surface area (Å²) in [5.74, 6) is 1.75. The standard InChI is InChI=1S/C17H20N2O5S/c1-4-24-14-7-9-16(10-8-14)25(20,21)19-18-12-13-5-6-15(22-2)11-17(13)23-3/h5-12,19H,4H2,1-3H3. The van der Waals surface area contributed by atoms with Gasteiger partial charge in [-0.05, 0) is 43.3 Å². The van der Waals surface area contributed by atoms with Gasteiger partial charge >= 0.3 is 0 Å². The molecule has 0 atom stereocenters. The van der Waals surface area contributed by atoms with Gasteiger partial charge in [0.2, 0.25) is 0 Å². The Balaban J connectivity index is 2.12. The van der Waals surface area contributed by atoms with E-state index in [1.54, 1.807) is 37.4 Å². The van der Waals surface area contributed by atoms with Crippen LogP contribution in [0.4, 0.5) is 0 Å². The maximum absolute atomic E-state index is 12.2. The second kappa shape index (κ2) is 8.39. The SMILES string of the molecule is CCOc1ccc(S(=O)(=O)NN=Cc2ccc(OC)cc2OC)cc1. The number of nitrogens with one attached hydrogen (secondary N) is 1. The molecule has 7 nitrogen and oxygen atoms in total. The molecular formula is C17H20N2O5S. The number of hydrogen-bond acceptors (Lipinski definition) is 6. The Morgan fingerprint density at radius 2 is 1.72 bits per heavy atom. The Hall–Kier alpha value is -2.74. The van der Waals surface area contributed by atoms with E-state index < -0.39 is 10.0 Å². The van der Waals surface area contributed by atoms with E-state index in [0.29, 0.717) is 29.4 Å². The van der Waals surface area contributed by atoms with Gasteiger partial charge in [0.25, 0.3) is 10.0 Å². The lowest BCUT2D eigenvalue weighted by molar-refractivity contribution is 0.340. The van der Waals surface area contributed by atoms with Gasteiger partial charge in [-0.3, -0.25) is 0 Å². The third-order valence-corrected chi connectivity index (χ3v) is 4.50. The summed E-state index contributed by atoms with van der Waals surface area (Å²) >= 11 is 0. The van der Waals surface area contributed by atoms with Crippen molar-refractivity contribution in [1.82, 2.24) is 4.83 Å². The molecule has 8 heteroatoms. The smallest absolute Gasteiger partial charge is 0.276 e. The highest BCUT2D eigenvalue weighted by Crippen LogP contribution is 2.23. The molecular weight excluding hydrogens is 344 g/mol. The van der Waals surface area contributed by atoms with Crippen molar-refractivity contribution in [3.05, 3.63) is 48.0 Å². The third kappa shape index (κ3) is 4.87. The van der Waals surface area contributed by atoms with E-state index in [9.17, 15) is 8.42 Å². The second-order valence-corrected chi connectivity index (χ2v) is 6.53. The Labute approximate surface area is 147 Å². The van der Waals surface area contributed by atoms with Crippen molar-refractivity contribution in [3.8, 4) is 17.2 Å². The lowest BCUT2D eigenvalue weighted by atomic mass is 10.2. The number of hydrazone groups is 1. The lowest BCUT2D eigenvalue weighted by Crippen LogP contribution is -2.18. The minimum absolute atomic E-state index is 0.0924. The zero-order valence-corrected chi connectivity index (χ0v) is 15.0. The molecule has 0 spiro atoms. The molecule has 0 radical (unpaired) electrons. The Bertz CT molecular complexity index is 833. The summed E-state index contributed by atoms with van der Waals surface area (Å²) in [5.41, 5.74) is 0.609. The number of sulfonamides is 1. The van der Waals surface area contributed by atoms with Crippen LogP contribution >= 0.6 is 0 Å². The minimum atomic E-state index is -3.76. The van der Waals surface area contributed by atoms with Crippen LogP contribution in [0.15, 0.2) is 52.5 Å². The fourth-order valence-corrected chi connectivity index (χ4v) is 2.82. The van der Waals surface area contributed by atoms with Crippen molar-refractivity contribution in [1.29, 1.82) is 0 Å². The van der Waals surface area contributed by atoms with Crippen LogP contribution in [0.5, 0.6) is 17.2 Å². The lowest BCUT2D eigenvalue weighted by Gasteiger charge is -2.08. The van der Waals surface area contributed by atoms with Gasteiger partial charge < -0.3 is 14.2 Å². The molecule has 134 valence electrons. The summed E-state index contributed by atoms with van der Waals surface area (Å²) in [6.45, 7) is 2.37. The maximum atomic E-state index is 12.2. The summed E-state index contributed by atoms with van der Waals surface area (Å²) in [4.78, 5) is 2.26. The maximum Gasteiger partial charge on any atom is 0.276 e. The van der Waals surface area contributed by atoms with Crippen molar-refractivity contribution in [2.24, 2.45) is 5.10 Å². The van der Waals surface area contributed by atoms with Crippen molar-refractivity contribution < 1.29 is 22.6 Å². The number of ether oxygens (including phenoxy) is 3. The van der Waals surface area contributed by atoms with Gasteiger partial charge in [0, 0.05) is 11.6 Å². The zero-order valence-electron chi connectivity index (χ0n) is 14.2. The fourth-order valence-electron chi connectivity index (χ4n) is 2.02. The average molecular weight is 364 g/mol. The Morgan fingerprint density at radius 3 is 2.32 bits per heavy atom. The first-order valence-corrected chi connectivity index (χ1v) is 8.98. The minimum Gasteiger partial charge on any atom is -0.497 e. The van der Waals surface area contributed by atoms with Gasteiger partial charge in [-0.15, -0.1) is 0 Å². The summed E-state index contributed by atoms with van der Waals surface area (Å²) < 4.78 is 40.1. The molecule has 0 unspecified atom stereocenters. The molecule has 0 bridgehead atoms. The highest BCUT2D eigenvalue weighted by atomic mass is 32.2. The van der Waals surface area contributed by atoms with Crippen molar-refractivity contribution in [2.45, 2.75) is 11.8 Å². The van der Waals surface area contributed by atoms with Crippen LogP contribution in [0, 0.1) is 0 Å². The first-order chi connectivity index (χ1) is 12.0. The molecule has 0 fully saturated rings. The molecule has 0 aromatic heterocycles. The van der Waals surface area contributed by atoms with Gasteiger partial charge in [-0.1, -0.05) is 0 Å². The largest absolute Gasteiger partial charge is 0.497 e. The third-order valence-electron chi connectivity index (χ3n) is 3.26. The molecule has 0 amide bonds. The quantitative estimate of drug-likeness (QED) is 0.574. The van der Waals surface area contributed by atoms with Gasteiger partial charge in [0.15, 0.2) is 0 Å². The van der Waals surface area contributed by atoms with Crippen molar-refractivity contribution in [3.63, 3.8) is 0 Å². The zero-order chi connectivity index (χ0) is 18.3. The molecule has 0 saturated heterocycles. The number of nitrogens with zero attached hydrogens (tertiary/aromatic N) is 1. The summed E-state index contributed by atoms with van der Waals surface area (Å²) in [6, 6.07) is 11.2. The fraction of sp³-hybridized carbons (Fsp3) is 0.235. The first kappa shape index (κ1) is 18.6. The van der Waals surface area contributed by atoms with E-state index in [1.165, 1.54) is 25.5 Å². The Kier molecular flexibility index (Phi) is 6.24. The number of rotatable bonds is 8. The van der Waals surface area contributed by atoms with Crippen LogP contribution in [0.25, 0.3) is 0 Å². The predicted molar refractivity (Wildman–Crippen MR) is 95.1 cm³/mol. The topological polar surface area (TPSA) is 86.2 Å². The first-order valence-electron chi connectivity index (χ1n) is 7.50. The monoisotopic (exact) mass is 364 g/mol. The normalized spacial score (nSPS) is 11.3. The highest BCUT2D eigenvalue weighted by Gasteiger charge is 2.12. The highest BCUT2D eigenvalue weighted by molar-refractivity contribution is 7.89. The molecule has 2 aromatic carbocycles. The predicted octanol–water partition coefficient (Wildman–Crippen LogP) is 2.41. The molecule has 0 aliphatic rings. The van der Waals surface area contributed by atoms with Crippen LogP contribution < -0.4 is 19.0 Å². The van der Waals surface area contributed by atoms with E-state index in [2.05, 4.69) is 9.93 Å². The van der Waals surface area contributed by atoms with Crippen molar-refractivity contribution >= 4 is 16.2 Å². The molecule has 2 rings (SSSR count). The van der Waals surface area contributed by atoms with E-state index in [0.717, 1.165) is 0 Å². The van der Waals surface area contributed by atoms with E-state index in [1.807, 2.05) is 6.92 Å². The van der Waals surface area contributed by atoms with Crippen LogP contribution in [-0.2, 0) is 10.0 Å². The molecule has 0 saturated carbocycles. The number of benzene rings is 2. The van der Waals surface area contributed by atoms with E-state index in [-0.39, 0.29) is 4.90 Å². The summed E-state index contributed by atoms with van der Waals surface area (Å²) in [5, 5.41) is 3.80. The van der Waals surface area contributed by atoms with Crippen LogP contribution in [0.2, 0.25) is 0 Å². The van der Waals surface area contributed by atoms with Gasteiger partial charge in [-0.25, -0.2) is 4.83 Å². The molecule has 0 aliphatic carbocycles. The van der Waals surface area contributed by atoms with Crippen molar-refractivity contribution in [2.75, 3.05) is 20.8 Å². The summed E-state index contributed by atoms with van der Waals surface area (Å²) in [6.07, 6.45) is 1.37. The van der Waals surface area contributed by atoms with Crippen LogP contribution in [-0.4, -0.2) is 35.5 Å². The average Bonchev–Trinajstić information content (AvgIpc) is 2.62. The van der Waals surface area contributed by atoms with Crippen LogP contribution in [0.3, 0.4) is 0 Å². The van der Waals surface area contributed by atoms with Crippen LogP contribution in [0.1, 0.15) is 12.5 Å². The Morgan fingerprint density at radius 1 is 1.04 bits per heavy atom. The molecule has 0 aliphatic heterocycles. The van der Waals surface area contributed by atoms with E-state index in [4.69, 9.17) is 14.2 Å². The van der Waals surface area contributed by atoms with Gasteiger partial charge in [0.05, 0.1) is 31.9 Å². The molecule has 25 heavy (non-hydrogen) atoms. The molecule has 2 aromatic rings. The number of hydrogen-bond donors (Lipinski definition) is 1. The molecule has 1 N–H and O–H groups in total. The number of methoxy groups -OCH3 is 2.